The van der Waals surface area contributed by atoms with Gasteiger partial charge in [0, 0.05) is 21.4 Å². The van der Waals surface area contributed by atoms with E-state index in [1.807, 2.05) is 0 Å². The van der Waals surface area contributed by atoms with Crippen molar-refractivity contribution in [1.29, 1.82) is 0 Å². The Labute approximate surface area is 111 Å². The van der Waals surface area contributed by atoms with E-state index < -0.39 is 17.3 Å². The first-order valence-electron chi connectivity index (χ1n) is 5.03. The fraction of sp³-hybridized carbons (Fsp3) is 0.273. The van der Waals surface area contributed by atoms with E-state index in [1.54, 1.807) is 18.2 Å². The maximum atomic E-state index is 12.2. The zero-order valence-electron chi connectivity index (χ0n) is 9.38. The molecule has 0 aliphatic heterocycles. The van der Waals surface area contributed by atoms with Crippen LogP contribution in [0.5, 0.6) is 0 Å². The van der Waals surface area contributed by atoms with Gasteiger partial charge in [-0.15, -0.1) is 0 Å². The molecule has 0 heterocycles. The monoisotopic (exact) mass is 309 g/mol. The van der Waals surface area contributed by atoms with Gasteiger partial charge >= 0.3 is 5.97 Å². The Kier molecular flexibility index (Phi) is 3.11. The Morgan fingerprint density at radius 3 is 2.94 bits per heavy atom. The topological polar surface area (TPSA) is 92.1 Å². The van der Waals surface area contributed by atoms with Gasteiger partial charge in [0.1, 0.15) is 0 Å². The van der Waals surface area contributed by atoms with Crippen LogP contribution in [0.4, 0.5) is 0 Å². The van der Waals surface area contributed by atoms with Crippen molar-refractivity contribution < 1.29 is 14.3 Å². The van der Waals surface area contributed by atoms with Crippen LogP contribution in [-0.4, -0.2) is 24.4 Å². The molecule has 0 amide bonds. The number of methoxy groups -OCH3 is 1. The second-order valence-corrected chi connectivity index (χ2v) is 4.76. The standard InChI is InChI=1S/C11H8BrN3O3/c1-18-10(17)11(14-15-13)5-6-4-7(12)2-3-8(6)9(11)16/h2-4H,5H2,1H3. The van der Waals surface area contributed by atoms with Crippen LogP contribution >= 0.6 is 15.9 Å². The average Bonchev–Trinajstić information content (AvgIpc) is 2.62. The molecule has 0 saturated carbocycles. The van der Waals surface area contributed by atoms with Crippen LogP contribution in [0.1, 0.15) is 15.9 Å². The minimum absolute atomic E-state index is 0.0251. The number of fused-ring (bicyclic) bond motifs is 1. The lowest BCUT2D eigenvalue weighted by molar-refractivity contribution is -0.144. The number of ketones is 1. The van der Waals surface area contributed by atoms with Crippen molar-refractivity contribution in [3.8, 4) is 0 Å². The van der Waals surface area contributed by atoms with E-state index >= 15 is 0 Å². The van der Waals surface area contributed by atoms with Gasteiger partial charge in [-0.3, -0.25) is 9.59 Å². The number of hydrogen-bond acceptors (Lipinski definition) is 4. The predicted octanol–water partition coefficient (Wildman–Crippen LogP) is 2.41. The van der Waals surface area contributed by atoms with Gasteiger partial charge in [-0.25, -0.2) is 0 Å². The van der Waals surface area contributed by atoms with Crippen molar-refractivity contribution in [2.45, 2.75) is 12.0 Å². The number of benzene rings is 1. The Morgan fingerprint density at radius 2 is 2.33 bits per heavy atom. The molecule has 1 aliphatic carbocycles. The first-order valence-corrected chi connectivity index (χ1v) is 5.82. The van der Waals surface area contributed by atoms with Crippen LogP contribution in [0, 0.1) is 0 Å². The van der Waals surface area contributed by atoms with E-state index in [4.69, 9.17) is 5.53 Å². The van der Waals surface area contributed by atoms with Gasteiger partial charge in [0.05, 0.1) is 7.11 Å². The SMILES string of the molecule is COC(=O)C1(N=[N+]=[N-])Cc2cc(Br)ccc2C1=O. The van der Waals surface area contributed by atoms with Crippen LogP contribution in [0.25, 0.3) is 10.4 Å². The molecule has 1 atom stereocenters. The lowest BCUT2D eigenvalue weighted by Gasteiger charge is -2.17. The third-order valence-electron chi connectivity index (χ3n) is 2.87. The Morgan fingerprint density at radius 1 is 1.61 bits per heavy atom. The first-order chi connectivity index (χ1) is 8.55. The summed E-state index contributed by atoms with van der Waals surface area (Å²) < 4.78 is 5.37. The number of hydrogen-bond donors (Lipinski definition) is 0. The second kappa shape index (κ2) is 4.44. The first kappa shape index (κ1) is 12.6. The number of azide groups is 1. The van der Waals surface area contributed by atoms with Crippen molar-refractivity contribution in [2.24, 2.45) is 5.11 Å². The van der Waals surface area contributed by atoms with E-state index in [1.165, 1.54) is 0 Å². The molecule has 0 fully saturated rings. The fourth-order valence-electron chi connectivity index (χ4n) is 2.04. The molecule has 0 aromatic heterocycles. The summed E-state index contributed by atoms with van der Waals surface area (Å²) in [6.45, 7) is 0. The lowest BCUT2D eigenvalue weighted by atomic mass is 9.96. The summed E-state index contributed by atoms with van der Waals surface area (Å²) in [6.07, 6.45) is 0.0251. The number of nitrogens with zero attached hydrogens (tertiary/aromatic N) is 3. The minimum atomic E-state index is -1.80. The quantitative estimate of drug-likeness (QED) is 0.276. The number of esters is 1. The Bertz CT molecular complexity index is 595. The Hall–Kier alpha value is -1.85. The molecule has 0 radical (unpaired) electrons. The van der Waals surface area contributed by atoms with Gasteiger partial charge in [-0.1, -0.05) is 21.0 Å². The fourth-order valence-corrected chi connectivity index (χ4v) is 2.45. The molecule has 0 spiro atoms. The van der Waals surface area contributed by atoms with E-state index in [2.05, 4.69) is 30.7 Å². The van der Waals surface area contributed by atoms with E-state index in [-0.39, 0.29) is 6.42 Å². The maximum absolute atomic E-state index is 12.2. The number of carbonyl (C=O) groups is 2. The summed E-state index contributed by atoms with van der Waals surface area (Å²) in [4.78, 5) is 26.6. The van der Waals surface area contributed by atoms with Gasteiger partial charge in [0.2, 0.25) is 5.54 Å². The summed E-state index contributed by atoms with van der Waals surface area (Å²) in [7, 11) is 1.16. The molecule has 2 rings (SSSR count). The summed E-state index contributed by atoms with van der Waals surface area (Å²) in [5.41, 5.74) is 7.82. The predicted molar refractivity (Wildman–Crippen MR) is 66.1 cm³/mol. The summed E-state index contributed by atoms with van der Waals surface area (Å²) in [6, 6.07) is 5.02. The lowest BCUT2D eigenvalue weighted by Crippen LogP contribution is -2.43. The third-order valence-corrected chi connectivity index (χ3v) is 3.37. The minimum Gasteiger partial charge on any atom is -0.468 e. The molecule has 1 unspecified atom stereocenters. The second-order valence-electron chi connectivity index (χ2n) is 3.85. The van der Waals surface area contributed by atoms with Crippen LogP contribution in [0.15, 0.2) is 27.8 Å². The van der Waals surface area contributed by atoms with Crippen molar-refractivity contribution >= 4 is 27.7 Å². The van der Waals surface area contributed by atoms with Crippen molar-refractivity contribution in [3.63, 3.8) is 0 Å². The number of rotatable bonds is 2. The molecule has 7 heteroatoms. The molecule has 1 aromatic carbocycles. The maximum Gasteiger partial charge on any atom is 0.326 e. The summed E-state index contributed by atoms with van der Waals surface area (Å²) in [5, 5.41) is 3.39. The zero-order valence-corrected chi connectivity index (χ0v) is 11.0. The number of halogens is 1. The van der Waals surface area contributed by atoms with Crippen molar-refractivity contribution in [3.05, 3.63) is 44.2 Å². The number of carbonyl (C=O) groups excluding carboxylic acids is 2. The molecular formula is C11H8BrN3O3. The largest absolute Gasteiger partial charge is 0.468 e. The molecule has 0 saturated heterocycles. The van der Waals surface area contributed by atoms with E-state index in [0.717, 1.165) is 11.6 Å². The van der Waals surface area contributed by atoms with Crippen LogP contribution in [-0.2, 0) is 16.0 Å². The molecule has 0 bridgehead atoms. The average molecular weight is 310 g/mol. The highest BCUT2D eigenvalue weighted by atomic mass is 79.9. The normalized spacial score (nSPS) is 21.1. The molecule has 92 valence electrons. The zero-order chi connectivity index (χ0) is 13.3. The summed E-state index contributed by atoms with van der Waals surface area (Å²) >= 11 is 3.28. The van der Waals surface area contributed by atoms with Crippen molar-refractivity contribution in [2.75, 3.05) is 7.11 Å². The molecule has 6 nitrogen and oxygen atoms in total. The smallest absolute Gasteiger partial charge is 0.326 e. The van der Waals surface area contributed by atoms with Crippen LogP contribution in [0.3, 0.4) is 0 Å². The van der Waals surface area contributed by atoms with Gasteiger partial charge in [-0.2, -0.15) is 0 Å². The number of Topliss-reactive ketones (excluding diaryl/α,β-unsaturated/α-hetero) is 1. The van der Waals surface area contributed by atoms with E-state index in [0.29, 0.717) is 11.1 Å². The molecular weight excluding hydrogens is 302 g/mol. The number of ether oxygens (including phenoxy) is 1. The van der Waals surface area contributed by atoms with Crippen molar-refractivity contribution in [1.82, 2.24) is 0 Å². The molecule has 1 aliphatic rings. The van der Waals surface area contributed by atoms with Gasteiger partial charge in [0.25, 0.3) is 0 Å². The third kappa shape index (κ3) is 1.68. The van der Waals surface area contributed by atoms with Crippen LogP contribution < -0.4 is 0 Å². The van der Waals surface area contributed by atoms with Gasteiger partial charge in [-0.05, 0) is 29.3 Å². The molecule has 0 N–H and O–H groups in total. The van der Waals surface area contributed by atoms with E-state index in [9.17, 15) is 9.59 Å². The Balaban J connectivity index is 2.59. The summed E-state index contributed by atoms with van der Waals surface area (Å²) in [5.74, 6) is -1.35. The van der Waals surface area contributed by atoms with Gasteiger partial charge in [0.15, 0.2) is 5.78 Å². The van der Waals surface area contributed by atoms with Crippen LogP contribution in [0.2, 0.25) is 0 Å². The highest BCUT2D eigenvalue weighted by Crippen LogP contribution is 2.35. The molecule has 1 aromatic rings. The highest BCUT2D eigenvalue weighted by Gasteiger charge is 2.52. The molecule has 18 heavy (non-hydrogen) atoms. The highest BCUT2D eigenvalue weighted by molar-refractivity contribution is 9.10. The van der Waals surface area contributed by atoms with Gasteiger partial charge < -0.3 is 4.74 Å².